The van der Waals surface area contributed by atoms with Gasteiger partial charge in [0, 0.05) is 30.9 Å². The summed E-state index contributed by atoms with van der Waals surface area (Å²) < 4.78 is 27.3. The number of nitrogens with zero attached hydrogens (tertiary/aromatic N) is 1. The Morgan fingerprint density at radius 2 is 2.14 bits per heavy atom. The number of H-pyrrole nitrogens is 1. The minimum atomic E-state index is -3.50. The summed E-state index contributed by atoms with van der Waals surface area (Å²) in [5.74, 6) is 0. The third-order valence-corrected chi connectivity index (χ3v) is 6.12. The van der Waals surface area contributed by atoms with E-state index in [2.05, 4.69) is 4.98 Å². The van der Waals surface area contributed by atoms with Gasteiger partial charge in [0.15, 0.2) is 0 Å². The van der Waals surface area contributed by atoms with Gasteiger partial charge in [0.1, 0.15) is 0 Å². The number of fused-ring (bicyclic) bond motifs is 1. The zero-order valence-corrected chi connectivity index (χ0v) is 12.6. The summed E-state index contributed by atoms with van der Waals surface area (Å²) in [5, 5.41) is 10.2. The SMILES string of the molecule is O=S(=O)(c1ccc2cc[nH]c2c1)N1CCCC[C@@H]1CCO. The standard InChI is InChI=1S/C15H20N2O3S/c18-10-7-13-3-1-2-9-17(13)21(19,20)14-5-4-12-6-8-16-15(12)11-14/h4-6,8,11,13,16,18H,1-3,7,9-10H2/t13-/m1/s1. The van der Waals surface area contributed by atoms with Crippen LogP contribution in [-0.2, 0) is 10.0 Å². The van der Waals surface area contributed by atoms with Crippen molar-refractivity contribution < 1.29 is 13.5 Å². The van der Waals surface area contributed by atoms with Crippen LogP contribution in [0.3, 0.4) is 0 Å². The highest BCUT2D eigenvalue weighted by Crippen LogP contribution is 2.28. The number of hydrogen-bond acceptors (Lipinski definition) is 3. The Labute approximate surface area is 124 Å². The summed E-state index contributed by atoms with van der Waals surface area (Å²) in [7, 11) is -3.50. The number of hydrogen-bond donors (Lipinski definition) is 2. The average molecular weight is 308 g/mol. The van der Waals surface area contributed by atoms with Crippen LogP contribution in [-0.4, -0.2) is 42.0 Å². The van der Waals surface area contributed by atoms with Crippen LogP contribution in [0, 0.1) is 0 Å². The smallest absolute Gasteiger partial charge is 0.243 e. The van der Waals surface area contributed by atoms with Gasteiger partial charge >= 0.3 is 0 Å². The van der Waals surface area contributed by atoms with Gasteiger partial charge in [-0.3, -0.25) is 0 Å². The van der Waals surface area contributed by atoms with E-state index in [4.69, 9.17) is 5.11 Å². The molecule has 1 fully saturated rings. The molecule has 114 valence electrons. The molecule has 0 amide bonds. The van der Waals surface area contributed by atoms with Crippen molar-refractivity contribution >= 4 is 20.9 Å². The molecular formula is C15H20N2O3S. The first-order valence-electron chi connectivity index (χ1n) is 7.33. The van der Waals surface area contributed by atoms with Gasteiger partial charge in [-0.1, -0.05) is 12.5 Å². The third kappa shape index (κ3) is 2.71. The van der Waals surface area contributed by atoms with Crippen molar-refractivity contribution in [3.63, 3.8) is 0 Å². The van der Waals surface area contributed by atoms with E-state index in [-0.39, 0.29) is 12.6 Å². The molecule has 1 saturated heterocycles. The third-order valence-electron chi connectivity index (χ3n) is 4.17. The van der Waals surface area contributed by atoms with Crippen molar-refractivity contribution in [2.45, 2.75) is 36.6 Å². The molecule has 2 aromatic rings. The number of nitrogens with one attached hydrogen (secondary N) is 1. The highest BCUT2D eigenvalue weighted by Gasteiger charge is 2.33. The lowest BCUT2D eigenvalue weighted by atomic mass is 10.0. The summed E-state index contributed by atoms with van der Waals surface area (Å²) >= 11 is 0. The van der Waals surface area contributed by atoms with Crippen LogP contribution in [0.25, 0.3) is 10.9 Å². The van der Waals surface area contributed by atoms with Gasteiger partial charge in [-0.2, -0.15) is 4.31 Å². The minimum Gasteiger partial charge on any atom is -0.396 e. The molecule has 6 heteroatoms. The predicted octanol–water partition coefficient (Wildman–Crippen LogP) is 2.09. The quantitative estimate of drug-likeness (QED) is 0.908. The van der Waals surface area contributed by atoms with E-state index in [1.165, 1.54) is 0 Å². The van der Waals surface area contributed by atoms with Gasteiger partial charge in [-0.15, -0.1) is 0 Å². The van der Waals surface area contributed by atoms with Crippen LogP contribution >= 0.6 is 0 Å². The molecule has 1 aromatic carbocycles. The van der Waals surface area contributed by atoms with Crippen LogP contribution < -0.4 is 0 Å². The second-order valence-electron chi connectivity index (χ2n) is 5.50. The fraction of sp³-hybridized carbons (Fsp3) is 0.467. The lowest BCUT2D eigenvalue weighted by molar-refractivity contribution is 0.192. The van der Waals surface area contributed by atoms with E-state index < -0.39 is 10.0 Å². The highest BCUT2D eigenvalue weighted by atomic mass is 32.2. The predicted molar refractivity (Wildman–Crippen MR) is 81.5 cm³/mol. The number of aliphatic hydroxyl groups excluding tert-OH is 1. The monoisotopic (exact) mass is 308 g/mol. The molecule has 21 heavy (non-hydrogen) atoms. The number of aromatic amines is 1. The molecule has 0 unspecified atom stereocenters. The van der Waals surface area contributed by atoms with Crippen molar-refractivity contribution in [2.24, 2.45) is 0 Å². The molecule has 1 aliphatic rings. The molecule has 0 aliphatic carbocycles. The zero-order chi connectivity index (χ0) is 14.9. The first-order chi connectivity index (χ1) is 10.1. The van der Waals surface area contributed by atoms with E-state index in [1.807, 2.05) is 12.1 Å². The second kappa shape index (κ2) is 5.79. The van der Waals surface area contributed by atoms with Gasteiger partial charge in [-0.25, -0.2) is 8.42 Å². The van der Waals surface area contributed by atoms with Crippen LogP contribution in [0.4, 0.5) is 0 Å². The maximum Gasteiger partial charge on any atom is 0.243 e. The van der Waals surface area contributed by atoms with E-state index in [1.54, 1.807) is 22.6 Å². The van der Waals surface area contributed by atoms with E-state index >= 15 is 0 Å². The normalized spacial score (nSPS) is 20.9. The molecule has 0 spiro atoms. The maximum absolute atomic E-state index is 12.9. The number of sulfonamides is 1. The average Bonchev–Trinajstić information content (AvgIpc) is 2.95. The molecule has 5 nitrogen and oxygen atoms in total. The van der Waals surface area contributed by atoms with Crippen LogP contribution in [0.1, 0.15) is 25.7 Å². The van der Waals surface area contributed by atoms with Crippen molar-refractivity contribution in [3.8, 4) is 0 Å². The summed E-state index contributed by atoms with van der Waals surface area (Å²) in [6, 6.07) is 7.00. The Morgan fingerprint density at radius 1 is 1.29 bits per heavy atom. The van der Waals surface area contributed by atoms with Gasteiger partial charge in [0.05, 0.1) is 4.90 Å². The summed E-state index contributed by atoms with van der Waals surface area (Å²) in [6.45, 7) is 0.558. The number of aliphatic hydroxyl groups is 1. The summed E-state index contributed by atoms with van der Waals surface area (Å²) in [6.07, 6.45) is 5.03. The first-order valence-corrected chi connectivity index (χ1v) is 8.77. The molecule has 1 aromatic heterocycles. The summed E-state index contributed by atoms with van der Waals surface area (Å²) in [4.78, 5) is 3.37. The highest BCUT2D eigenvalue weighted by molar-refractivity contribution is 7.89. The van der Waals surface area contributed by atoms with Crippen molar-refractivity contribution in [3.05, 3.63) is 30.5 Å². The molecule has 2 N–H and O–H groups in total. The zero-order valence-electron chi connectivity index (χ0n) is 11.8. The maximum atomic E-state index is 12.9. The van der Waals surface area contributed by atoms with E-state index in [0.29, 0.717) is 17.9 Å². The van der Waals surface area contributed by atoms with Crippen LogP contribution in [0.5, 0.6) is 0 Å². The first kappa shape index (κ1) is 14.6. The van der Waals surface area contributed by atoms with Gasteiger partial charge < -0.3 is 10.1 Å². The number of piperidine rings is 1. The van der Waals surface area contributed by atoms with Crippen molar-refractivity contribution in [2.75, 3.05) is 13.2 Å². The molecule has 1 atom stereocenters. The minimum absolute atomic E-state index is 0.0202. The Kier molecular flexibility index (Phi) is 4.01. The van der Waals surface area contributed by atoms with Gasteiger partial charge in [0.2, 0.25) is 10.0 Å². The Bertz CT molecular complexity index is 721. The fourth-order valence-corrected chi connectivity index (χ4v) is 4.80. The van der Waals surface area contributed by atoms with Crippen molar-refractivity contribution in [1.82, 2.24) is 9.29 Å². The lowest BCUT2D eigenvalue weighted by Crippen LogP contribution is -2.44. The molecule has 0 bridgehead atoms. The van der Waals surface area contributed by atoms with Gasteiger partial charge in [0.25, 0.3) is 0 Å². The number of aromatic nitrogens is 1. The molecule has 0 radical (unpaired) electrons. The second-order valence-corrected chi connectivity index (χ2v) is 7.39. The molecule has 2 heterocycles. The Balaban J connectivity index is 1.97. The van der Waals surface area contributed by atoms with E-state index in [9.17, 15) is 8.42 Å². The molecular weight excluding hydrogens is 288 g/mol. The van der Waals surface area contributed by atoms with Gasteiger partial charge in [-0.05, 0) is 42.8 Å². The molecule has 0 saturated carbocycles. The lowest BCUT2D eigenvalue weighted by Gasteiger charge is -2.34. The van der Waals surface area contributed by atoms with Crippen LogP contribution in [0.2, 0.25) is 0 Å². The Morgan fingerprint density at radius 3 is 2.95 bits per heavy atom. The number of rotatable bonds is 4. The molecule has 3 rings (SSSR count). The van der Waals surface area contributed by atoms with E-state index in [0.717, 1.165) is 30.2 Å². The largest absolute Gasteiger partial charge is 0.396 e. The van der Waals surface area contributed by atoms with Crippen LogP contribution in [0.15, 0.2) is 35.4 Å². The topological polar surface area (TPSA) is 73.4 Å². The molecule has 1 aliphatic heterocycles. The van der Waals surface area contributed by atoms with Crippen molar-refractivity contribution in [1.29, 1.82) is 0 Å². The summed E-state index contributed by atoms with van der Waals surface area (Å²) in [5.41, 5.74) is 0.826. The Hall–Kier alpha value is -1.37. The number of benzene rings is 1. The fourth-order valence-electron chi connectivity index (χ4n) is 3.05.